The molecule has 0 spiro atoms. The Balaban J connectivity index is 1.30. The van der Waals surface area contributed by atoms with E-state index in [1.165, 1.54) is 0 Å². The zero-order valence-electron chi connectivity index (χ0n) is 14.5. The Hall–Kier alpha value is -2.60. The van der Waals surface area contributed by atoms with Crippen LogP contribution in [0.15, 0.2) is 53.2 Å². The highest BCUT2D eigenvalue weighted by Crippen LogP contribution is 2.24. The van der Waals surface area contributed by atoms with Gasteiger partial charge in [-0.25, -0.2) is 4.39 Å². The van der Waals surface area contributed by atoms with E-state index in [9.17, 15) is 4.39 Å². The van der Waals surface area contributed by atoms with E-state index in [0.717, 1.165) is 37.9 Å². The first-order valence-corrected chi connectivity index (χ1v) is 8.97. The fourth-order valence-electron chi connectivity index (χ4n) is 3.43. The van der Waals surface area contributed by atoms with Crippen LogP contribution in [0.5, 0.6) is 0 Å². The summed E-state index contributed by atoms with van der Waals surface area (Å²) in [7, 11) is 0. The van der Waals surface area contributed by atoms with Crippen LogP contribution in [0.2, 0.25) is 0 Å². The van der Waals surface area contributed by atoms with Crippen LogP contribution in [0.4, 0.5) is 4.39 Å². The fraction of sp³-hybridized carbons (Fsp3) is 0.350. The SMILES string of the molecule is Fc1ccccc1CC1CCN(Cc2nc(-c3ccccn3)no2)CC1. The summed E-state index contributed by atoms with van der Waals surface area (Å²) in [6.07, 6.45) is 4.63. The molecule has 26 heavy (non-hydrogen) atoms. The molecule has 134 valence electrons. The number of nitrogens with zero attached hydrogens (tertiary/aromatic N) is 4. The van der Waals surface area contributed by atoms with Crippen molar-refractivity contribution < 1.29 is 8.91 Å². The highest BCUT2D eigenvalue weighted by atomic mass is 19.1. The van der Waals surface area contributed by atoms with Gasteiger partial charge < -0.3 is 4.52 Å². The zero-order valence-corrected chi connectivity index (χ0v) is 14.5. The first-order valence-electron chi connectivity index (χ1n) is 8.97. The lowest BCUT2D eigenvalue weighted by molar-refractivity contribution is 0.158. The van der Waals surface area contributed by atoms with Gasteiger partial charge in [0, 0.05) is 6.20 Å². The van der Waals surface area contributed by atoms with E-state index >= 15 is 0 Å². The summed E-state index contributed by atoms with van der Waals surface area (Å²) < 4.78 is 19.2. The van der Waals surface area contributed by atoms with Gasteiger partial charge in [0.25, 0.3) is 0 Å². The Morgan fingerprint density at radius 1 is 1.08 bits per heavy atom. The van der Waals surface area contributed by atoms with Crippen molar-refractivity contribution in [2.24, 2.45) is 5.92 Å². The van der Waals surface area contributed by atoms with Crippen LogP contribution in [0.25, 0.3) is 11.5 Å². The fourth-order valence-corrected chi connectivity index (χ4v) is 3.43. The van der Waals surface area contributed by atoms with Crippen molar-refractivity contribution in [2.45, 2.75) is 25.8 Å². The summed E-state index contributed by atoms with van der Waals surface area (Å²) in [4.78, 5) is 11.0. The molecule has 4 rings (SSSR count). The van der Waals surface area contributed by atoms with Gasteiger partial charge in [0.2, 0.25) is 11.7 Å². The average molecular weight is 352 g/mol. The summed E-state index contributed by atoms with van der Waals surface area (Å²) in [6.45, 7) is 2.56. The molecule has 3 aromatic rings. The molecule has 1 aromatic carbocycles. The summed E-state index contributed by atoms with van der Waals surface area (Å²) in [6, 6.07) is 12.7. The summed E-state index contributed by atoms with van der Waals surface area (Å²) in [5.74, 6) is 1.56. The Morgan fingerprint density at radius 3 is 2.65 bits per heavy atom. The van der Waals surface area contributed by atoms with Crippen molar-refractivity contribution in [1.82, 2.24) is 20.0 Å². The smallest absolute Gasteiger partial charge is 0.241 e. The van der Waals surface area contributed by atoms with E-state index in [0.29, 0.717) is 29.9 Å². The van der Waals surface area contributed by atoms with Crippen molar-refractivity contribution in [3.05, 3.63) is 65.9 Å². The van der Waals surface area contributed by atoms with Crippen LogP contribution in [0.3, 0.4) is 0 Å². The molecule has 1 aliphatic heterocycles. The molecule has 0 saturated carbocycles. The first kappa shape index (κ1) is 16.8. The molecule has 5 nitrogen and oxygen atoms in total. The number of aromatic nitrogens is 3. The lowest BCUT2D eigenvalue weighted by Gasteiger charge is -2.31. The van der Waals surface area contributed by atoms with Crippen LogP contribution < -0.4 is 0 Å². The third-order valence-corrected chi connectivity index (χ3v) is 4.89. The summed E-state index contributed by atoms with van der Waals surface area (Å²) >= 11 is 0. The highest BCUT2D eigenvalue weighted by Gasteiger charge is 2.22. The van der Waals surface area contributed by atoms with E-state index in [2.05, 4.69) is 20.0 Å². The van der Waals surface area contributed by atoms with Crippen molar-refractivity contribution in [2.75, 3.05) is 13.1 Å². The van der Waals surface area contributed by atoms with Crippen LogP contribution in [-0.2, 0) is 13.0 Å². The van der Waals surface area contributed by atoms with Crippen LogP contribution >= 0.6 is 0 Å². The third kappa shape index (κ3) is 3.96. The predicted molar refractivity (Wildman–Crippen MR) is 95.6 cm³/mol. The Morgan fingerprint density at radius 2 is 1.88 bits per heavy atom. The Kier molecular flexibility index (Phi) is 5.02. The number of likely N-dealkylation sites (tertiary alicyclic amines) is 1. The van der Waals surface area contributed by atoms with E-state index in [1.54, 1.807) is 18.3 Å². The largest absolute Gasteiger partial charge is 0.337 e. The van der Waals surface area contributed by atoms with E-state index in [4.69, 9.17) is 4.52 Å². The molecule has 1 saturated heterocycles. The molecule has 0 atom stereocenters. The van der Waals surface area contributed by atoms with E-state index in [1.807, 2.05) is 30.3 Å². The van der Waals surface area contributed by atoms with Crippen LogP contribution in [-0.4, -0.2) is 33.1 Å². The van der Waals surface area contributed by atoms with Crippen LogP contribution in [0, 0.1) is 11.7 Å². The van der Waals surface area contributed by atoms with Gasteiger partial charge in [-0.3, -0.25) is 9.88 Å². The molecular weight excluding hydrogens is 331 g/mol. The number of piperidine rings is 1. The molecule has 3 heterocycles. The molecule has 0 amide bonds. The summed E-state index contributed by atoms with van der Waals surface area (Å²) in [5.41, 5.74) is 1.54. The number of halogens is 1. The number of benzene rings is 1. The molecule has 0 N–H and O–H groups in total. The van der Waals surface area contributed by atoms with Gasteiger partial charge >= 0.3 is 0 Å². The van der Waals surface area contributed by atoms with Gasteiger partial charge in [-0.1, -0.05) is 29.4 Å². The van der Waals surface area contributed by atoms with E-state index < -0.39 is 0 Å². The molecule has 6 heteroatoms. The number of hydrogen-bond acceptors (Lipinski definition) is 5. The minimum Gasteiger partial charge on any atom is -0.337 e. The van der Waals surface area contributed by atoms with Crippen molar-refractivity contribution in [3.63, 3.8) is 0 Å². The van der Waals surface area contributed by atoms with Crippen LogP contribution in [0.1, 0.15) is 24.3 Å². The Labute approximate surface area is 151 Å². The van der Waals surface area contributed by atoms with Gasteiger partial charge in [0.05, 0.1) is 6.54 Å². The maximum Gasteiger partial charge on any atom is 0.241 e. The zero-order chi connectivity index (χ0) is 17.8. The predicted octanol–water partition coefficient (Wildman–Crippen LogP) is 3.73. The van der Waals surface area contributed by atoms with E-state index in [-0.39, 0.29) is 5.82 Å². The number of hydrogen-bond donors (Lipinski definition) is 0. The number of rotatable bonds is 5. The van der Waals surface area contributed by atoms with Crippen molar-refractivity contribution in [3.8, 4) is 11.5 Å². The molecular formula is C20H21FN4O. The second-order valence-corrected chi connectivity index (χ2v) is 6.74. The normalized spacial score (nSPS) is 16.0. The topological polar surface area (TPSA) is 55.1 Å². The molecule has 0 unspecified atom stereocenters. The van der Waals surface area contributed by atoms with Crippen molar-refractivity contribution in [1.29, 1.82) is 0 Å². The van der Waals surface area contributed by atoms with Gasteiger partial charge in [0.15, 0.2) is 0 Å². The highest BCUT2D eigenvalue weighted by molar-refractivity contribution is 5.46. The quantitative estimate of drug-likeness (QED) is 0.700. The van der Waals surface area contributed by atoms with Crippen molar-refractivity contribution >= 4 is 0 Å². The van der Waals surface area contributed by atoms with Gasteiger partial charge in [-0.05, 0) is 62.0 Å². The minimum atomic E-state index is -0.0946. The Bertz CT molecular complexity index is 844. The average Bonchev–Trinajstić information content (AvgIpc) is 3.14. The molecule has 1 fully saturated rings. The molecule has 0 bridgehead atoms. The molecule has 0 radical (unpaired) electrons. The van der Waals surface area contributed by atoms with Gasteiger partial charge in [-0.2, -0.15) is 4.98 Å². The second-order valence-electron chi connectivity index (χ2n) is 6.74. The maximum absolute atomic E-state index is 13.8. The first-order chi connectivity index (χ1) is 12.8. The number of pyridine rings is 1. The lowest BCUT2D eigenvalue weighted by atomic mass is 9.90. The molecule has 1 aliphatic rings. The summed E-state index contributed by atoms with van der Waals surface area (Å²) in [5, 5.41) is 4.02. The minimum absolute atomic E-state index is 0.0946. The monoisotopic (exact) mass is 352 g/mol. The van der Waals surface area contributed by atoms with Gasteiger partial charge in [-0.15, -0.1) is 0 Å². The molecule has 2 aromatic heterocycles. The second kappa shape index (κ2) is 7.74. The van der Waals surface area contributed by atoms with Gasteiger partial charge in [0.1, 0.15) is 11.5 Å². The lowest BCUT2D eigenvalue weighted by Crippen LogP contribution is -2.34. The third-order valence-electron chi connectivity index (χ3n) is 4.89. The maximum atomic E-state index is 13.8. The molecule has 0 aliphatic carbocycles. The standard InChI is InChI=1S/C20H21FN4O/c21-17-6-2-1-5-16(17)13-15-8-11-25(12-9-15)14-19-23-20(24-26-19)18-7-3-4-10-22-18/h1-7,10,15H,8-9,11-14H2.